The number of halogens is 1. The van der Waals surface area contributed by atoms with Crippen LogP contribution in [-0.4, -0.2) is 31.7 Å². The molecule has 8 nitrogen and oxygen atoms in total. The van der Waals surface area contributed by atoms with Crippen molar-refractivity contribution in [2.75, 3.05) is 7.11 Å². The smallest absolute Gasteiger partial charge is 0.350 e. The van der Waals surface area contributed by atoms with E-state index in [9.17, 15) is 4.79 Å². The van der Waals surface area contributed by atoms with Crippen molar-refractivity contribution in [3.05, 3.63) is 45.1 Å². The molecule has 3 heterocycles. The van der Waals surface area contributed by atoms with Crippen LogP contribution in [-0.2, 0) is 5.75 Å². The minimum Gasteiger partial charge on any atom is -0.480 e. The van der Waals surface area contributed by atoms with Crippen LogP contribution in [0.15, 0.2) is 28.4 Å². The van der Waals surface area contributed by atoms with E-state index < -0.39 is 5.69 Å². The van der Waals surface area contributed by atoms with Crippen LogP contribution in [0.25, 0.3) is 5.65 Å². The normalized spacial score (nSPS) is 10.7. The third-order valence-electron chi connectivity index (χ3n) is 2.91. The Morgan fingerprint density at radius 1 is 1.52 bits per heavy atom. The average molecular weight is 349 g/mol. The molecule has 0 bridgehead atoms. The van der Waals surface area contributed by atoms with Gasteiger partial charge in [0, 0.05) is 11.9 Å². The Labute approximate surface area is 139 Å². The van der Waals surface area contributed by atoms with Crippen LogP contribution in [0.3, 0.4) is 0 Å². The zero-order valence-corrected chi connectivity index (χ0v) is 13.4. The molecule has 1 N–H and O–H groups in total. The fraction of sp³-hybridized carbons (Fsp3) is 0.154. The van der Waals surface area contributed by atoms with E-state index in [1.54, 1.807) is 12.3 Å². The molecule has 0 atom stereocenters. The van der Waals surface area contributed by atoms with Crippen molar-refractivity contribution < 1.29 is 4.74 Å². The standard InChI is InChI=1S/C13H9ClN6O2S/c1-22-11-9(14)2-7(4-16-11)6-23-12-18-10-8(3-15)5-17-20(10)13(21)19-12/h2,4-5H,6H2,1H3,(H,18,19,21). The van der Waals surface area contributed by atoms with Gasteiger partial charge in [-0.3, -0.25) is 4.98 Å². The lowest BCUT2D eigenvalue weighted by Gasteiger charge is -2.05. The van der Waals surface area contributed by atoms with Gasteiger partial charge in [0.05, 0.1) is 13.3 Å². The third-order valence-corrected chi connectivity index (χ3v) is 4.13. The Bertz CT molecular complexity index is 977. The lowest BCUT2D eigenvalue weighted by molar-refractivity contribution is 0.398. The minimum atomic E-state index is -0.454. The van der Waals surface area contributed by atoms with Crippen LogP contribution >= 0.6 is 23.4 Å². The first-order valence-electron chi connectivity index (χ1n) is 6.31. The van der Waals surface area contributed by atoms with Crippen molar-refractivity contribution >= 4 is 29.0 Å². The average Bonchev–Trinajstić information content (AvgIpc) is 2.96. The van der Waals surface area contributed by atoms with Crippen molar-refractivity contribution in [2.45, 2.75) is 10.9 Å². The molecule has 0 saturated carbocycles. The van der Waals surface area contributed by atoms with E-state index in [0.29, 0.717) is 21.8 Å². The first-order chi connectivity index (χ1) is 11.1. The second kappa shape index (κ2) is 6.28. The van der Waals surface area contributed by atoms with Crippen molar-refractivity contribution in [3.8, 4) is 11.9 Å². The number of pyridine rings is 1. The number of aromatic nitrogens is 5. The topological polar surface area (TPSA) is 109 Å². The van der Waals surface area contributed by atoms with Gasteiger partial charge in [-0.25, -0.2) is 14.8 Å². The highest BCUT2D eigenvalue weighted by Crippen LogP contribution is 2.25. The van der Waals surface area contributed by atoms with Crippen molar-refractivity contribution in [1.29, 1.82) is 5.26 Å². The Balaban J connectivity index is 1.86. The van der Waals surface area contributed by atoms with Gasteiger partial charge in [0.2, 0.25) is 5.88 Å². The van der Waals surface area contributed by atoms with Crippen LogP contribution in [0.5, 0.6) is 5.88 Å². The monoisotopic (exact) mass is 348 g/mol. The SMILES string of the molecule is COc1ncc(CSc2nc3c(C#N)cnn3c(=O)[nH]2)cc1Cl. The fourth-order valence-corrected chi connectivity index (χ4v) is 2.90. The lowest BCUT2D eigenvalue weighted by Crippen LogP contribution is -2.19. The van der Waals surface area contributed by atoms with E-state index in [-0.39, 0.29) is 11.2 Å². The first-order valence-corrected chi connectivity index (χ1v) is 7.68. The fourth-order valence-electron chi connectivity index (χ4n) is 1.86. The van der Waals surface area contributed by atoms with E-state index >= 15 is 0 Å². The van der Waals surface area contributed by atoms with Gasteiger partial charge in [0.1, 0.15) is 16.7 Å². The molecule has 3 aromatic heterocycles. The number of nitriles is 1. The number of thioether (sulfide) groups is 1. The Kier molecular flexibility index (Phi) is 4.18. The summed E-state index contributed by atoms with van der Waals surface area (Å²) in [5.41, 5.74) is 0.860. The maximum atomic E-state index is 11.9. The number of hydrogen-bond donors (Lipinski definition) is 1. The number of hydrogen-bond acceptors (Lipinski definition) is 7. The molecule has 0 unspecified atom stereocenters. The number of nitrogens with one attached hydrogen (secondary N) is 1. The molecule has 0 amide bonds. The highest BCUT2D eigenvalue weighted by atomic mass is 35.5. The molecule has 0 aromatic carbocycles. The number of H-pyrrole nitrogens is 1. The summed E-state index contributed by atoms with van der Waals surface area (Å²) >= 11 is 7.31. The minimum absolute atomic E-state index is 0.227. The largest absolute Gasteiger partial charge is 0.480 e. The number of nitrogens with zero attached hydrogens (tertiary/aromatic N) is 5. The van der Waals surface area contributed by atoms with E-state index in [0.717, 1.165) is 10.1 Å². The third kappa shape index (κ3) is 2.99. The summed E-state index contributed by atoms with van der Waals surface area (Å²) < 4.78 is 6.04. The first kappa shape index (κ1) is 15.3. The Hall–Kier alpha value is -2.57. The van der Waals surface area contributed by atoms with Crippen LogP contribution in [0, 0.1) is 11.3 Å². The van der Waals surface area contributed by atoms with Gasteiger partial charge in [-0.1, -0.05) is 23.4 Å². The van der Waals surface area contributed by atoms with Crippen molar-refractivity contribution in [2.24, 2.45) is 0 Å². The van der Waals surface area contributed by atoms with Gasteiger partial charge in [0.15, 0.2) is 10.8 Å². The second-order valence-electron chi connectivity index (χ2n) is 4.38. The lowest BCUT2D eigenvalue weighted by atomic mass is 10.3. The van der Waals surface area contributed by atoms with E-state index in [1.165, 1.54) is 25.1 Å². The molecule has 10 heteroatoms. The molecule has 0 spiro atoms. The summed E-state index contributed by atoms with van der Waals surface area (Å²) in [5.74, 6) is 0.845. The second-order valence-corrected chi connectivity index (χ2v) is 5.75. The molecular weight excluding hydrogens is 340 g/mol. The van der Waals surface area contributed by atoms with Crippen molar-refractivity contribution in [3.63, 3.8) is 0 Å². The molecule has 3 aromatic rings. The quantitative estimate of drug-likeness (QED) is 0.714. The molecule has 0 radical (unpaired) electrons. The number of rotatable bonds is 4. The van der Waals surface area contributed by atoms with Crippen LogP contribution in [0.1, 0.15) is 11.1 Å². The molecule has 0 fully saturated rings. The van der Waals surface area contributed by atoms with Crippen LogP contribution in [0.2, 0.25) is 5.02 Å². The van der Waals surface area contributed by atoms with Gasteiger partial charge in [-0.05, 0) is 11.6 Å². The Morgan fingerprint density at radius 3 is 3.04 bits per heavy atom. The zero-order valence-electron chi connectivity index (χ0n) is 11.8. The summed E-state index contributed by atoms with van der Waals surface area (Å²) in [4.78, 5) is 22.8. The molecule has 0 aliphatic heterocycles. The molecule has 0 aliphatic carbocycles. The highest BCUT2D eigenvalue weighted by molar-refractivity contribution is 7.98. The number of fused-ring (bicyclic) bond motifs is 1. The summed E-state index contributed by atoms with van der Waals surface area (Å²) in [6.45, 7) is 0. The van der Waals surface area contributed by atoms with Gasteiger partial charge < -0.3 is 4.74 Å². The Morgan fingerprint density at radius 2 is 2.35 bits per heavy atom. The van der Waals surface area contributed by atoms with Gasteiger partial charge in [-0.15, -0.1) is 0 Å². The maximum absolute atomic E-state index is 11.9. The summed E-state index contributed by atoms with van der Waals surface area (Å²) in [6, 6.07) is 3.68. The van der Waals surface area contributed by atoms with E-state index in [4.69, 9.17) is 21.6 Å². The highest BCUT2D eigenvalue weighted by Gasteiger charge is 2.11. The number of methoxy groups -OCH3 is 1. The predicted octanol–water partition coefficient (Wildman–Crippen LogP) is 1.64. The summed E-state index contributed by atoms with van der Waals surface area (Å²) in [7, 11) is 1.49. The van der Waals surface area contributed by atoms with Gasteiger partial charge in [-0.2, -0.15) is 14.9 Å². The molecule has 23 heavy (non-hydrogen) atoms. The van der Waals surface area contributed by atoms with Gasteiger partial charge >= 0.3 is 5.69 Å². The van der Waals surface area contributed by atoms with Crippen molar-refractivity contribution in [1.82, 2.24) is 24.6 Å². The predicted molar refractivity (Wildman–Crippen MR) is 83.7 cm³/mol. The molecule has 0 saturated heterocycles. The maximum Gasteiger partial charge on any atom is 0.350 e. The molecule has 116 valence electrons. The summed E-state index contributed by atoms with van der Waals surface area (Å²) in [6.07, 6.45) is 2.94. The van der Waals surface area contributed by atoms with E-state index in [2.05, 4.69) is 20.1 Å². The van der Waals surface area contributed by atoms with E-state index in [1.807, 2.05) is 6.07 Å². The molecule has 0 aliphatic rings. The summed E-state index contributed by atoms with van der Waals surface area (Å²) in [5, 5.41) is 13.6. The van der Waals surface area contributed by atoms with Crippen LogP contribution < -0.4 is 10.4 Å². The van der Waals surface area contributed by atoms with Crippen LogP contribution in [0.4, 0.5) is 0 Å². The van der Waals surface area contributed by atoms with Gasteiger partial charge in [0.25, 0.3) is 0 Å². The molecular formula is C13H9ClN6O2S. The number of aromatic amines is 1. The zero-order chi connectivity index (χ0) is 16.4. The number of ether oxygens (including phenoxy) is 1. The molecule has 3 rings (SSSR count).